The quantitative estimate of drug-likeness (QED) is 0.558. The molecule has 6 nitrogen and oxygen atoms in total. The Morgan fingerprint density at radius 2 is 1.87 bits per heavy atom. The van der Waals surface area contributed by atoms with Gasteiger partial charge < -0.3 is 15.0 Å². The van der Waals surface area contributed by atoms with E-state index in [4.69, 9.17) is 9.84 Å². The predicted octanol–water partition coefficient (Wildman–Crippen LogP) is 5.22. The van der Waals surface area contributed by atoms with Crippen LogP contribution < -0.4 is 10.1 Å². The number of ether oxygens (including phenoxy) is 1. The molecule has 2 amide bonds. The fraction of sp³-hybridized carbons (Fsp3) is 0.333. The largest absolute Gasteiger partial charge is 0.439 e. The van der Waals surface area contributed by atoms with Crippen LogP contribution >= 0.6 is 0 Å². The molecule has 158 valence electrons. The Labute approximate surface area is 178 Å². The summed E-state index contributed by atoms with van der Waals surface area (Å²) >= 11 is 0. The number of amides is 2. The first-order valence-electron chi connectivity index (χ1n) is 10.4. The molecule has 0 saturated heterocycles. The number of carbonyl (C=O) groups excluding carboxylic acids is 1. The van der Waals surface area contributed by atoms with Gasteiger partial charge in [0.2, 0.25) is 5.88 Å². The molecule has 2 aromatic carbocycles. The summed E-state index contributed by atoms with van der Waals surface area (Å²) in [5.74, 6) is 1.38. The van der Waals surface area contributed by atoms with E-state index in [2.05, 4.69) is 12.2 Å². The number of aryl methyl sites for hydroxylation is 2. The summed E-state index contributed by atoms with van der Waals surface area (Å²) in [5, 5.41) is 7.66. The molecule has 3 aromatic rings. The number of nitrogens with one attached hydrogen (secondary N) is 1. The van der Waals surface area contributed by atoms with Gasteiger partial charge in [-0.25, -0.2) is 9.48 Å². The average Bonchev–Trinajstić information content (AvgIpc) is 3.04. The van der Waals surface area contributed by atoms with Crippen molar-refractivity contribution in [2.45, 2.75) is 40.7 Å². The lowest BCUT2D eigenvalue weighted by molar-refractivity contribution is 0.195. The third kappa shape index (κ3) is 5.00. The zero-order valence-electron chi connectivity index (χ0n) is 18.2. The molecule has 0 fully saturated rings. The van der Waals surface area contributed by atoms with Crippen LogP contribution in [0.1, 0.15) is 37.1 Å². The van der Waals surface area contributed by atoms with Gasteiger partial charge in [-0.1, -0.05) is 37.3 Å². The molecular formula is C24H30N4O2. The molecule has 0 atom stereocenters. The first-order chi connectivity index (χ1) is 14.5. The fourth-order valence-electron chi connectivity index (χ4n) is 3.34. The second kappa shape index (κ2) is 9.96. The zero-order chi connectivity index (χ0) is 21.5. The molecule has 0 radical (unpaired) electrons. The zero-order valence-corrected chi connectivity index (χ0v) is 18.2. The molecule has 3 rings (SSSR count). The highest BCUT2D eigenvalue weighted by Gasteiger charge is 2.23. The summed E-state index contributed by atoms with van der Waals surface area (Å²) in [6, 6.07) is 17.8. The van der Waals surface area contributed by atoms with E-state index in [-0.39, 0.29) is 6.03 Å². The van der Waals surface area contributed by atoms with Crippen molar-refractivity contribution in [3.8, 4) is 17.3 Å². The number of aromatic nitrogens is 2. The Morgan fingerprint density at radius 1 is 1.10 bits per heavy atom. The summed E-state index contributed by atoms with van der Waals surface area (Å²) in [5.41, 5.74) is 3.77. The Bertz CT molecular complexity index is 982. The predicted molar refractivity (Wildman–Crippen MR) is 119 cm³/mol. The molecule has 6 heteroatoms. The smallest absolute Gasteiger partial charge is 0.317 e. The fourth-order valence-corrected chi connectivity index (χ4v) is 3.34. The van der Waals surface area contributed by atoms with Crippen molar-refractivity contribution in [3.63, 3.8) is 0 Å². The van der Waals surface area contributed by atoms with E-state index in [9.17, 15) is 4.79 Å². The highest BCUT2D eigenvalue weighted by Crippen LogP contribution is 2.32. The lowest BCUT2D eigenvalue weighted by Gasteiger charge is -2.23. The lowest BCUT2D eigenvalue weighted by Crippen LogP contribution is -2.39. The molecular weight excluding hydrogens is 376 g/mol. The first kappa shape index (κ1) is 21.4. The van der Waals surface area contributed by atoms with Crippen LogP contribution in [0.5, 0.6) is 11.6 Å². The summed E-state index contributed by atoms with van der Waals surface area (Å²) in [4.78, 5) is 14.4. The van der Waals surface area contributed by atoms with Gasteiger partial charge in [0.25, 0.3) is 0 Å². The summed E-state index contributed by atoms with van der Waals surface area (Å²) in [6.07, 6.45) is 0.872. The maximum absolute atomic E-state index is 12.6. The van der Waals surface area contributed by atoms with Crippen molar-refractivity contribution in [1.29, 1.82) is 0 Å². The number of nitrogens with zero attached hydrogens (tertiary/aromatic N) is 3. The molecule has 30 heavy (non-hydrogen) atoms. The monoisotopic (exact) mass is 406 g/mol. The van der Waals surface area contributed by atoms with Crippen molar-refractivity contribution in [1.82, 2.24) is 20.0 Å². The number of hydrogen-bond acceptors (Lipinski definition) is 3. The number of rotatable bonds is 8. The Hall–Kier alpha value is -3.28. The molecule has 1 aromatic heterocycles. The second-order valence-electron chi connectivity index (χ2n) is 7.29. The topological polar surface area (TPSA) is 59.4 Å². The Morgan fingerprint density at radius 3 is 2.53 bits per heavy atom. The van der Waals surface area contributed by atoms with Crippen LogP contribution in [0, 0.1) is 13.8 Å². The van der Waals surface area contributed by atoms with Crippen LogP contribution in [-0.4, -0.2) is 33.8 Å². The van der Waals surface area contributed by atoms with Crippen molar-refractivity contribution in [2.24, 2.45) is 0 Å². The van der Waals surface area contributed by atoms with Crippen LogP contribution in [0.4, 0.5) is 4.79 Å². The van der Waals surface area contributed by atoms with Crippen LogP contribution in [0.25, 0.3) is 5.69 Å². The normalized spacial score (nSPS) is 10.7. The Kier molecular flexibility index (Phi) is 7.12. The number of urea groups is 1. The number of benzene rings is 2. The standard InChI is InChI=1S/C24H30N4O2/c1-5-15-27(24(29)25-6-2)17-22-19(4)26-28(20-12-8-7-9-13-20)23(22)30-21-14-10-11-18(3)16-21/h7-14,16H,5-6,15,17H2,1-4H3,(H,25,29). The van der Waals surface area contributed by atoms with Gasteiger partial charge in [0.15, 0.2) is 0 Å². The minimum absolute atomic E-state index is 0.0762. The Balaban J connectivity index is 2.05. The van der Waals surface area contributed by atoms with Crippen molar-refractivity contribution >= 4 is 6.03 Å². The van der Waals surface area contributed by atoms with E-state index >= 15 is 0 Å². The average molecular weight is 407 g/mol. The molecule has 0 unspecified atom stereocenters. The van der Waals surface area contributed by atoms with E-state index in [1.807, 2.05) is 85.0 Å². The summed E-state index contributed by atoms with van der Waals surface area (Å²) in [7, 11) is 0. The van der Waals surface area contributed by atoms with Crippen LogP contribution in [0.3, 0.4) is 0 Å². The van der Waals surface area contributed by atoms with Crippen molar-refractivity contribution in [2.75, 3.05) is 13.1 Å². The lowest BCUT2D eigenvalue weighted by atomic mass is 10.2. The van der Waals surface area contributed by atoms with Crippen LogP contribution in [-0.2, 0) is 6.54 Å². The van der Waals surface area contributed by atoms with Gasteiger partial charge in [0.1, 0.15) is 5.75 Å². The van der Waals surface area contributed by atoms with Gasteiger partial charge in [0.05, 0.1) is 23.5 Å². The third-order valence-corrected chi connectivity index (χ3v) is 4.80. The molecule has 0 bridgehead atoms. The van der Waals surface area contributed by atoms with Gasteiger partial charge in [0, 0.05) is 13.1 Å². The van der Waals surface area contributed by atoms with Crippen molar-refractivity contribution in [3.05, 3.63) is 71.4 Å². The third-order valence-electron chi connectivity index (χ3n) is 4.80. The van der Waals surface area contributed by atoms with Crippen LogP contribution in [0.15, 0.2) is 54.6 Å². The minimum Gasteiger partial charge on any atom is -0.439 e. The van der Waals surface area contributed by atoms with Gasteiger partial charge in [-0.3, -0.25) is 0 Å². The van der Waals surface area contributed by atoms with E-state index < -0.39 is 0 Å². The number of carbonyl (C=O) groups is 1. The molecule has 0 aliphatic rings. The minimum atomic E-state index is -0.0762. The van der Waals surface area contributed by atoms with Gasteiger partial charge in [-0.15, -0.1) is 0 Å². The van der Waals surface area contributed by atoms with Gasteiger partial charge in [-0.2, -0.15) is 5.10 Å². The van der Waals surface area contributed by atoms with Gasteiger partial charge in [-0.05, 0) is 57.0 Å². The highest BCUT2D eigenvalue weighted by molar-refractivity contribution is 5.74. The van der Waals surface area contributed by atoms with E-state index in [0.717, 1.165) is 34.7 Å². The second-order valence-corrected chi connectivity index (χ2v) is 7.29. The molecule has 1 N–H and O–H groups in total. The summed E-state index contributed by atoms with van der Waals surface area (Å²) in [6.45, 7) is 9.66. The van der Waals surface area contributed by atoms with Gasteiger partial charge >= 0.3 is 6.03 Å². The van der Waals surface area contributed by atoms with Crippen LogP contribution in [0.2, 0.25) is 0 Å². The molecule has 0 aliphatic carbocycles. The SMILES string of the molecule is CCCN(Cc1c(C)nn(-c2ccccc2)c1Oc1cccc(C)c1)C(=O)NCC. The highest BCUT2D eigenvalue weighted by atomic mass is 16.5. The molecule has 0 aliphatic heterocycles. The van der Waals surface area contributed by atoms with Crippen molar-refractivity contribution < 1.29 is 9.53 Å². The first-order valence-corrected chi connectivity index (χ1v) is 10.4. The molecule has 1 heterocycles. The summed E-state index contributed by atoms with van der Waals surface area (Å²) < 4.78 is 8.17. The van der Waals surface area contributed by atoms with E-state index in [1.165, 1.54) is 0 Å². The number of hydrogen-bond donors (Lipinski definition) is 1. The van der Waals surface area contributed by atoms with E-state index in [0.29, 0.717) is 25.5 Å². The number of para-hydroxylation sites is 1. The maximum atomic E-state index is 12.6. The molecule has 0 spiro atoms. The van der Waals surface area contributed by atoms with E-state index in [1.54, 1.807) is 0 Å². The maximum Gasteiger partial charge on any atom is 0.317 e. The molecule has 0 saturated carbocycles.